The first-order chi connectivity index (χ1) is 21.9. The van der Waals surface area contributed by atoms with E-state index in [0.717, 1.165) is 16.7 Å². The van der Waals surface area contributed by atoms with Gasteiger partial charge in [-0.1, -0.05) is 103 Å². The molecule has 230 valence electrons. The Bertz CT molecular complexity index is 1710. The number of aliphatic carboxylic acids is 1. The van der Waals surface area contributed by atoms with Gasteiger partial charge in [-0.2, -0.15) is 0 Å². The summed E-state index contributed by atoms with van der Waals surface area (Å²) in [6.45, 7) is 0. The van der Waals surface area contributed by atoms with Crippen molar-refractivity contribution in [1.29, 1.82) is 0 Å². The summed E-state index contributed by atoms with van der Waals surface area (Å²) < 4.78 is 6.74. The number of β-lactam (4-membered cyclic amide) rings is 1. The van der Waals surface area contributed by atoms with Crippen LogP contribution in [0.5, 0.6) is 0 Å². The van der Waals surface area contributed by atoms with E-state index < -0.39 is 35.4 Å². The maximum atomic E-state index is 14.1. The van der Waals surface area contributed by atoms with Crippen LogP contribution in [0.25, 0.3) is 0 Å². The Balaban J connectivity index is 0.00000417. The predicted molar refractivity (Wildman–Crippen MR) is 179 cm³/mol. The minimum atomic E-state index is -0.990. The molecule has 2 amide bonds. The molecule has 0 saturated carbocycles. The average Bonchev–Trinajstić information content (AvgIpc) is 3.49. The molecule has 2 aliphatic rings. The fourth-order valence-electron chi connectivity index (χ4n) is 5.09. The number of carboxylic acids is 1. The number of nitrogens with one attached hydrogen (secondary N) is 1. The fraction of sp³-hybridized carbons (Fsp3) is 0.182. The van der Waals surface area contributed by atoms with Crippen LogP contribution in [0.4, 0.5) is 0 Å². The molecule has 6 rings (SSSR count). The summed E-state index contributed by atoms with van der Waals surface area (Å²) in [6.07, 6.45) is -0.814. The molecule has 4 aromatic rings. The second-order valence-corrected chi connectivity index (χ2v) is 13.6. The van der Waals surface area contributed by atoms with Crippen molar-refractivity contribution in [3.63, 3.8) is 0 Å². The molecular formula is C33H28KN3O6S3. The number of fused-ring (bicyclic) bond motifs is 1. The first-order valence-corrected chi connectivity index (χ1v) is 16.8. The van der Waals surface area contributed by atoms with Gasteiger partial charge >= 0.3 is 63.3 Å². The van der Waals surface area contributed by atoms with E-state index in [-0.39, 0.29) is 75.8 Å². The molecule has 0 unspecified atom stereocenters. The second-order valence-electron chi connectivity index (χ2n) is 10.3. The monoisotopic (exact) mass is 697 g/mol. The molecule has 2 aliphatic heterocycles. The zero-order valence-corrected chi connectivity index (χ0v) is 26.1. The van der Waals surface area contributed by atoms with Crippen molar-refractivity contribution in [1.82, 2.24) is 15.2 Å². The molecule has 3 heterocycles. The number of carbonyl (C=O) groups is 4. The number of hydrogen-bond donors (Lipinski definition) is 2. The molecule has 0 spiro atoms. The van der Waals surface area contributed by atoms with Crippen molar-refractivity contribution in [2.24, 2.45) is 0 Å². The molecule has 46 heavy (non-hydrogen) atoms. The molecular weight excluding hydrogens is 670 g/mol. The Morgan fingerprint density at radius 2 is 1.57 bits per heavy atom. The van der Waals surface area contributed by atoms with Gasteiger partial charge in [0.2, 0.25) is 5.91 Å². The number of nitrogens with zero attached hydrogens (tertiary/aromatic N) is 2. The van der Waals surface area contributed by atoms with Gasteiger partial charge in [-0.25, -0.2) is 9.78 Å². The van der Waals surface area contributed by atoms with Crippen molar-refractivity contribution in [3.05, 3.63) is 129 Å². The van der Waals surface area contributed by atoms with Crippen molar-refractivity contribution in [3.8, 4) is 0 Å². The Morgan fingerprint density at radius 3 is 2.17 bits per heavy atom. The quantitative estimate of drug-likeness (QED) is 0.133. The first-order valence-electron chi connectivity index (χ1n) is 14.0. The maximum absolute atomic E-state index is 14.1. The van der Waals surface area contributed by atoms with E-state index in [0.29, 0.717) is 20.7 Å². The van der Waals surface area contributed by atoms with Crippen molar-refractivity contribution in [2.45, 2.75) is 34.7 Å². The van der Waals surface area contributed by atoms with Crippen LogP contribution in [0.2, 0.25) is 0 Å². The van der Waals surface area contributed by atoms with Crippen LogP contribution >= 0.6 is 34.9 Å². The van der Waals surface area contributed by atoms with Gasteiger partial charge < -0.3 is 15.2 Å². The number of ether oxygens (including phenoxy) is 1. The van der Waals surface area contributed by atoms with Crippen LogP contribution in [0.3, 0.4) is 0 Å². The van der Waals surface area contributed by atoms with E-state index in [1.807, 2.05) is 91.0 Å². The number of amides is 2. The van der Waals surface area contributed by atoms with Gasteiger partial charge in [0, 0.05) is 16.0 Å². The van der Waals surface area contributed by atoms with Gasteiger partial charge in [-0.15, -0.1) is 23.1 Å². The van der Waals surface area contributed by atoms with Gasteiger partial charge in [0.1, 0.15) is 17.1 Å². The Labute approximate surface area is 320 Å². The molecule has 0 aliphatic carbocycles. The second kappa shape index (κ2) is 15.9. The number of rotatable bonds is 11. The Hall–Kier alpha value is -2.75. The van der Waals surface area contributed by atoms with E-state index in [1.54, 1.807) is 5.38 Å². The number of thiazole rings is 1. The SMILES string of the molecule is O=C(O)Cc1csc(SC2=C(C(=O)OC(c3ccccc3)c3ccccc3)N3C(=O)[C@@H](NC(=O)Cc4ccccc4)[C@H]3SC2)n1.[KH]. The molecule has 2 N–H and O–H groups in total. The summed E-state index contributed by atoms with van der Waals surface area (Å²) in [5.74, 6) is -1.99. The summed E-state index contributed by atoms with van der Waals surface area (Å²) in [5, 5.41) is 13.2. The van der Waals surface area contributed by atoms with E-state index in [2.05, 4.69) is 10.3 Å². The number of carbonyl (C=O) groups excluding carboxylic acids is 3. The van der Waals surface area contributed by atoms with Crippen LogP contribution in [0, 0.1) is 0 Å². The number of carboxylic acid groups (broad SMARTS) is 1. The molecule has 0 radical (unpaired) electrons. The van der Waals surface area contributed by atoms with E-state index in [4.69, 9.17) is 9.84 Å². The fourth-order valence-corrected chi connectivity index (χ4v) is 8.56. The van der Waals surface area contributed by atoms with Gasteiger partial charge in [0.15, 0.2) is 10.4 Å². The van der Waals surface area contributed by atoms with Gasteiger partial charge in [0.25, 0.3) is 5.91 Å². The third kappa shape index (κ3) is 8.02. The van der Waals surface area contributed by atoms with Crippen molar-refractivity contribution >= 4 is 110 Å². The number of aromatic nitrogens is 1. The zero-order chi connectivity index (χ0) is 31.3. The number of benzene rings is 3. The van der Waals surface area contributed by atoms with E-state index in [1.165, 1.54) is 39.8 Å². The Kier molecular flexibility index (Phi) is 11.9. The third-order valence-corrected chi connectivity index (χ3v) is 10.7. The number of thioether (sulfide) groups is 2. The molecule has 9 nitrogen and oxygen atoms in total. The molecule has 13 heteroatoms. The third-order valence-electron chi connectivity index (χ3n) is 7.15. The first kappa shape index (κ1) is 34.6. The summed E-state index contributed by atoms with van der Waals surface area (Å²) in [6, 6.07) is 27.2. The van der Waals surface area contributed by atoms with Crippen molar-refractivity contribution < 1.29 is 29.0 Å². The molecule has 0 bridgehead atoms. The summed E-state index contributed by atoms with van der Waals surface area (Å²) >= 11 is 3.92. The normalized spacial score (nSPS) is 17.1. The predicted octanol–water partition coefficient (Wildman–Crippen LogP) is 4.40. The number of esters is 1. The topological polar surface area (TPSA) is 126 Å². The van der Waals surface area contributed by atoms with Gasteiger partial charge in [0.05, 0.1) is 18.5 Å². The average molecular weight is 698 g/mol. The standard InChI is InChI=1S/C33H27N3O6S3.K.H/c37-25(16-20-10-4-1-5-11-20)35-27-30(40)36-28(24(19-43-31(27)36)45-33-34-23(18-44-33)17-26(38)39)32(41)42-29(21-12-6-2-7-13-21)22-14-8-3-9-15-22;;/h1-15,18,27,29,31H,16-17,19H2,(H,35,37)(H,38,39);;/t27-,31-;;/m1../s1. The number of hydrogen-bond acceptors (Lipinski definition) is 9. The molecule has 3 aromatic carbocycles. The van der Waals surface area contributed by atoms with E-state index in [9.17, 15) is 19.2 Å². The van der Waals surface area contributed by atoms with Crippen LogP contribution in [0.15, 0.2) is 111 Å². The molecule has 1 fully saturated rings. The Morgan fingerprint density at radius 1 is 0.957 bits per heavy atom. The molecule has 1 saturated heterocycles. The minimum absolute atomic E-state index is 0. The van der Waals surface area contributed by atoms with Crippen LogP contribution in [-0.4, -0.2) is 107 Å². The summed E-state index contributed by atoms with van der Waals surface area (Å²) in [7, 11) is 0. The van der Waals surface area contributed by atoms with Crippen LogP contribution < -0.4 is 5.32 Å². The van der Waals surface area contributed by atoms with Crippen LogP contribution in [0.1, 0.15) is 28.5 Å². The summed E-state index contributed by atoms with van der Waals surface area (Å²) in [4.78, 5) is 58.2. The summed E-state index contributed by atoms with van der Waals surface area (Å²) in [5.41, 5.74) is 2.89. The zero-order valence-electron chi connectivity index (χ0n) is 23.7. The van der Waals surface area contributed by atoms with Crippen molar-refractivity contribution in [2.75, 3.05) is 5.75 Å². The van der Waals surface area contributed by atoms with Crippen LogP contribution in [-0.2, 0) is 36.8 Å². The van der Waals surface area contributed by atoms with E-state index >= 15 is 0 Å². The van der Waals surface area contributed by atoms with Gasteiger partial charge in [-0.3, -0.25) is 19.3 Å². The molecule has 2 atom stereocenters. The molecule has 1 aromatic heterocycles. The van der Waals surface area contributed by atoms with Gasteiger partial charge in [-0.05, 0) is 16.7 Å².